The van der Waals surface area contributed by atoms with Crippen molar-refractivity contribution in [1.82, 2.24) is 15.2 Å². The summed E-state index contributed by atoms with van der Waals surface area (Å²) in [4.78, 5) is 19.4. The van der Waals surface area contributed by atoms with Crippen molar-refractivity contribution in [2.45, 2.75) is 44.6 Å². The SMILES string of the molecule is O=C(NC[C@H]1CCCN(C2CCCC2)C1)c1cc(Oc2ccc(F)cc2)ccn1. The number of benzene rings is 1. The number of likely N-dealkylation sites (tertiary alicyclic amines) is 1. The monoisotopic (exact) mass is 397 g/mol. The summed E-state index contributed by atoms with van der Waals surface area (Å²) in [5.41, 5.74) is 0.327. The molecule has 4 rings (SSSR count). The number of carbonyl (C=O) groups excluding carboxylic acids is 1. The maximum atomic E-state index is 13.0. The maximum absolute atomic E-state index is 13.0. The highest BCUT2D eigenvalue weighted by Gasteiger charge is 2.28. The van der Waals surface area contributed by atoms with Crippen LogP contribution in [0.2, 0.25) is 0 Å². The largest absolute Gasteiger partial charge is 0.457 e. The molecule has 2 aliphatic rings. The van der Waals surface area contributed by atoms with Crippen LogP contribution in [-0.4, -0.2) is 41.5 Å². The van der Waals surface area contributed by atoms with E-state index < -0.39 is 0 Å². The van der Waals surface area contributed by atoms with Gasteiger partial charge in [-0.2, -0.15) is 0 Å². The minimum atomic E-state index is -0.318. The van der Waals surface area contributed by atoms with Gasteiger partial charge in [0.1, 0.15) is 23.0 Å². The first kappa shape index (κ1) is 19.8. The number of nitrogens with one attached hydrogen (secondary N) is 1. The van der Waals surface area contributed by atoms with E-state index in [1.54, 1.807) is 30.5 Å². The molecule has 29 heavy (non-hydrogen) atoms. The van der Waals surface area contributed by atoms with E-state index in [0.29, 0.717) is 29.7 Å². The summed E-state index contributed by atoms with van der Waals surface area (Å²) in [5.74, 6) is 1.00. The first-order valence-corrected chi connectivity index (χ1v) is 10.6. The van der Waals surface area contributed by atoms with E-state index in [9.17, 15) is 9.18 Å². The molecule has 0 radical (unpaired) electrons. The summed E-state index contributed by atoms with van der Waals surface area (Å²) in [6, 6.07) is 9.82. The van der Waals surface area contributed by atoms with Gasteiger partial charge < -0.3 is 15.0 Å². The molecule has 0 spiro atoms. The lowest BCUT2D eigenvalue weighted by Crippen LogP contribution is -2.44. The topological polar surface area (TPSA) is 54.5 Å². The number of rotatable bonds is 6. The Balaban J connectivity index is 1.30. The van der Waals surface area contributed by atoms with E-state index in [-0.39, 0.29) is 11.7 Å². The molecule has 1 saturated heterocycles. The Morgan fingerprint density at radius 3 is 2.69 bits per heavy atom. The number of hydrogen-bond acceptors (Lipinski definition) is 4. The first-order valence-electron chi connectivity index (χ1n) is 10.6. The average Bonchev–Trinajstić information content (AvgIpc) is 3.29. The van der Waals surface area contributed by atoms with E-state index in [0.717, 1.165) is 19.0 Å². The molecule has 1 N–H and O–H groups in total. The number of hydrogen-bond donors (Lipinski definition) is 1. The summed E-state index contributed by atoms with van der Waals surface area (Å²) >= 11 is 0. The van der Waals surface area contributed by atoms with Crippen molar-refractivity contribution >= 4 is 5.91 Å². The van der Waals surface area contributed by atoms with Gasteiger partial charge in [0.2, 0.25) is 0 Å². The lowest BCUT2D eigenvalue weighted by atomic mass is 9.96. The molecule has 1 amide bonds. The van der Waals surface area contributed by atoms with E-state index >= 15 is 0 Å². The van der Waals surface area contributed by atoms with Crippen LogP contribution in [0.1, 0.15) is 49.0 Å². The highest BCUT2D eigenvalue weighted by atomic mass is 19.1. The van der Waals surface area contributed by atoms with Crippen LogP contribution < -0.4 is 10.1 Å². The van der Waals surface area contributed by atoms with Gasteiger partial charge in [0, 0.05) is 31.4 Å². The van der Waals surface area contributed by atoms with Gasteiger partial charge in [0.25, 0.3) is 5.91 Å². The zero-order valence-electron chi connectivity index (χ0n) is 16.6. The number of nitrogens with zero attached hydrogens (tertiary/aromatic N) is 2. The zero-order chi connectivity index (χ0) is 20.1. The van der Waals surface area contributed by atoms with Crippen LogP contribution in [0, 0.1) is 11.7 Å². The van der Waals surface area contributed by atoms with Gasteiger partial charge in [-0.3, -0.25) is 9.78 Å². The third-order valence-electron chi connectivity index (χ3n) is 5.96. The van der Waals surface area contributed by atoms with Crippen LogP contribution in [-0.2, 0) is 0 Å². The van der Waals surface area contributed by atoms with Crippen LogP contribution in [0.15, 0.2) is 42.6 Å². The third-order valence-corrected chi connectivity index (χ3v) is 5.96. The molecule has 1 aliphatic heterocycles. The van der Waals surface area contributed by atoms with Gasteiger partial charge in [-0.1, -0.05) is 12.8 Å². The van der Waals surface area contributed by atoms with Crippen molar-refractivity contribution < 1.29 is 13.9 Å². The minimum Gasteiger partial charge on any atom is -0.457 e. The molecule has 0 bridgehead atoms. The van der Waals surface area contributed by atoms with E-state index in [4.69, 9.17) is 4.74 Å². The summed E-state index contributed by atoms with van der Waals surface area (Å²) in [6.45, 7) is 2.94. The van der Waals surface area contributed by atoms with Crippen molar-refractivity contribution in [3.63, 3.8) is 0 Å². The highest BCUT2D eigenvalue weighted by Crippen LogP contribution is 2.28. The number of carbonyl (C=O) groups is 1. The molecule has 5 nitrogen and oxygen atoms in total. The summed E-state index contributed by atoms with van der Waals surface area (Å²) in [6.07, 6.45) is 9.26. The first-order chi connectivity index (χ1) is 14.2. The summed E-state index contributed by atoms with van der Waals surface area (Å²) < 4.78 is 18.7. The number of halogens is 1. The zero-order valence-corrected chi connectivity index (χ0v) is 16.6. The second-order valence-electron chi connectivity index (χ2n) is 8.08. The van der Waals surface area contributed by atoms with Crippen molar-refractivity contribution in [2.24, 2.45) is 5.92 Å². The predicted octanol–water partition coefficient (Wildman–Crippen LogP) is 4.40. The Morgan fingerprint density at radius 1 is 1.10 bits per heavy atom. The summed E-state index contributed by atoms with van der Waals surface area (Å²) in [7, 11) is 0. The standard InChI is InChI=1S/C23H28FN3O2/c24-18-7-9-20(10-8-18)29-21-11-12-25-22(14-21)23(28)26-15-17-4-3-13-27(16-17)19-5-1-2-6-19/h7-12,14,17,19H,1-6,13,15-16H2,(H,26,28)/t17-/m1/s1. The van der Waals surface area contributed by atoms with E-state index in [2.05, 4.69) is 15.2 Å². The molecule has 2 fully saturated rings. The van der Waals surface area contributed by atoms with Crippen LogP contribution in [0.25, 0.3) is 0 Å². The van der Waals surface area contributed by atoms with Gasteiger partial charge in [0.05, 0.1) is 0 Å². The number of piperidine rings is 1. The fraction of sp³-hybridized carbons (Fsp3) is 0.478. The van der Waals surface area contributed by atoms with Gasteiger partial charge in [-0.25, -0.2) is 4.39 Å². The highest BCUT2D eigenvalue weighted by molar-refractivity contribution is 5.92. The van der Waals surface area contributed by atoms with Gasteiger partial charge >= 0.3 is 0 Å². The molecule has 2 aromatic rings. The molecule has 1 saturated carbocycles. The van der Waals surface area contributed by atoms with E-state index in [1.165, 1.54) is 50.8 Å². The van der Waals surface area contributed by atoms with Crippen LogP contribution in [0.4, 0.5) is 4.39 Å². The molecule has 2 heterocycles. The van der Waals surface area contributed by atoms with Gasteiger partial charge in [-0.05, 0) is 68.5 Å². The lowest BCUT2D eigenvalue weighted by molar-refractivity contribution is 0.0908. The number of amides is 1. The van der Waals surface area contributed by atoms with Crippen molar-refractivity contribution in [3.8, 4) is 11.5 Å². The van der Waals surface area contributed by atoms with Crippen LogP contribution in [0.3, 0.4) is 0 Å². The van der Waals surface area contributed by atoms with Crippen molar-refractivity contribution in [2.75, 3.05) is 19.6 Å². The molecule has 1 aromatic carbocycles. The quantitative estimate of drug-likeness (QED) is 0.785. The molecular formula is C23H28FN3O2. The molecule has 1 aromatic heterocycles. The van der Waals surface area contributed by atoms with Gasteiger partial charge in [0.15, 0.2) is 0 Å². The Kier molecular flexibility index (Phi) is 6.39. The Labute approximate surface area is 171 Å². The second kappa shape index (κ2) is 9.35. The molecule has 0 unspecified atom stereocenters. The van der Waals surface area contributed by atoms with Crippen molar-refractivity contribution in [1.29, 1.82) is 0 Å². The molecule has 1 aliphatic carbocycles. The normalized spacial score (nSPS) is 20.5. The van der Waals surface area contributed by atoms with Gasteiger partial charge in [-0.15, -0.1) is 0 Å². The third kappa shape index (κ3) is 5.32. The van der Waals surface area contributed by atoms with Crippen LogP contribution >= 0.6 is 0 Å². The second-order valence-corrected chi connectivity index (χ2v) is 8.08. The lowest BCUT2D eigenvalue weighted by Gasteiger charge is -2.36. The van der Waals surface area contributed by atoms with Crippen LogP contribution in [0.5, 0.6) is 11.5 Å². The molecule has 6 heteroatoms. The number of ether oxygens (including phenoxy) is 1. The number of pyridine rings is 1. The number of aromatic nitrogens is 1. The average molecular weight is 397 g/mol. The Hall–Kier alpha value is -2.47. The Bertz CT molecular complexity index is 821. The fourth-order valence-corrected chi connectivity index (χ4v) is 4.43. The minimum absolute atomic E-state index is 0.187. The fourth-order valence-electron chi connectivity index (χ4n) is 4.43. The molecule has 154 valence electrons. The Morgan fingerprint density at radius 2 is 1.90 bits per heavy atom. The smallest absolute Gasteiger partial charge is 0.270 e. The maximum Gasteiger partial charge on any atom is 0.270 e. The summed E-state index contributed by atoms with van der Waals surface area (Å²) in [5, 5.41) is 3.05. The molecule has 1 atom stereocenters. The van der Waals surface area contributed by atoms with E-state index in [1.807, 2.05) is 0 Å². The molecular weight excluding hydrogens is 369 g/mol. The predicted molar refractivity (Wildman–Crippen MR) is 110 cm³/mol. The van der Waals surface area contributed by atoms with Crippen molar-refractivity contribution in [3.05, 3.63) is 54.1 Å².